The number of carbonyl (C=O) groups excluding carboxylic acids is 1. The first-order valence-electron chi connectivity index (χ1n) is 8.57. The van der Waals surface area contributed by atoms with Gasteiger partial charge in [0.25, 0.3) is 0 Å². The van der Waals surface area contributed by atoms with Crippen LogP contribution in [-0.4, -0.2) is 32.5 Å². The molecule has 0 saturated carbocycles. The van der Waals surface area contributed by atoms with Crippen LogP contribution in [0.15, 0.2) is 52.2 Å². The van der Waals surface area contributed by atoms with Gasteiger partial charge in [-0.1, -0.05) is 36.4 Å². The fourth-order valence-corrected chi connectivity index (χ4v) is 3.17. The molecule has 3 aromatic rings. The van der Waals surface area contributed by atoms with E-state index in [1.54, 1.807) is 6.26 Å². The molecule has 0 aliphatic carbocycles. The van der Waals surface area contributed by atoms with E-state index in [0.29, 0.717) is 16.7 Å². The molecule has 7 heteroatoms. The summed E-state index contributed by atoms with van der Waals surface area (Å²) in [5.74, 6) is 1.52. The maximum absolute atomic E-state index is 12.1. The predicted molar refractivity (Wildman–Crippen MR) is 102 cm³/mol. The quantitative estimate of drug-likeness (QED) is 0.640. The van der Waals surface area contributed by atoms with Crippen LogP contribution in [0.2, 0.25) is 0 Å². The topological polar surface area (TPSA) is 73.0 Å². The second-order valence-corrected chi connectivity index (χ2v) is 7.06. The SMILES string of the molecule is CC[C@@H](C)NC(=O)CSc1nnc(-c2ccco2)n1-c1ccc(C)cc1. The van der Waals surface area contributed by atoms with Crippen LogP contribution in [0.1, 0.15) is 25.8 Å². The van der Waals surface area contributed by atoms with Crippen LogP contribution >= 0.6 is 11.8 Å². The second kappa shape index (κ2) is 8.23. The normalized spacial score (nSPS) is 12.1. The summed E-state index contributed by atoms with van der Waals surface area (Å²) in [6.45, 7) is 6.08. The van der Waals surface area contributed by atoms with E-state index in [-0.39, 0.29) is 17.7 Å². The highest BCUT2D eigenvalue weighted by atomic mass is 32.2. The molecule has 1 aromatic carbocycles. The number of nitrogens with one attached hydrogen (secondary N) is 1. The van der Waals surface area contributed by atoms with E-state index >= 15 is 0 Å². The Morgan fingerprint density at radius 3 is 2.69 bits per heavy atom. The highest BCUT2D eigenvalue weighted by Gasteiger charge is 2.19. The first-order valence-corrected chi connectivity index (χ1v) is 9.55. The van der Waals surface area contributed by atoms with Crippen LogP contribution in [0.3, 0.4) is 0 Å². The van der Waals surface area contributed by atoms with E-state index in [0.717, 1.165) is 12.1 Å². The third kappa shape index (κ3) is 4.16. The van der Waals surface area contributed by atoms with E-state index in [1.165, 1.54) is 17.3 Å². The monoisotopic (exact) mass is 370 g/mol. The third-order valence-corrected chi connectivity index (χ3v) is 4.95. The molecule has 0 aliphatic heterocycles. The molecule has 26 heavy (non-hydrogen) atoms. The van der Waals surface area contributed by atoms with Gasteiger partial charge >= 0.3 is 0 Å². The number of carbonyl (C=O) groups is 1. The molecule has 0 spiro atoms. The number of thioether (sulfide) groups is 1. The van der Waals surface area contributed by atoms with E-state index in [4.69, 9.17) is 4.42 Å². The minimum atomic E-state index is -0.0117. The van der Waals surface area contributed by atoms with Crippen molar-refractivity contribution in [3.63, 3.8) is 0 Å². The van der Waals surface area contributed by atoms with Crippen LogP contribution in [0, 0.1) is 6.92 Å². The standard InChI is InChI=1S/C19H22N4O2S/c1-4-14(3)20-17(24)12-26-19-22-21-18(16-6-5-11-25-16)23(19)15-9-7-13(2)8-10-15/h5-11,14H,4,12H2,1-3H3,(H,20,24)/t14-/m1/s1. The molecule has 3 rings (SSSR count). The van der Waals surface area contributed by atoms with E-state index in [1.807, 2.05) is 61.7 Å². The molecular formula is C19H22N4O2S. The van der Waals surface area contributed by atoms with Crippen LogP contribution in [0.25, 0.3) is 17.3 Å². The molecule has 1 amide bonds. The van der Waals surface area contributed by atoms with Crippen molar-refractivity contribution in [1.82, 2.24) is 20.1 Å². The van der Waals surface area contributed by atoms with Gasteiger partial charge in [0.05, 0.1) is 12.0 Å². The van der Waals surface area contributed by atoms with E-state index < -0.39 is 0 Å². The predicted octanol–water partition coefficient (Wildman–Crippen LogP) is 3.84. The van der Waals surface area contributed by atoms with Gasteiger partial charge in [0.1, 0.15) is 0 Å². The highest BCUT2D eigenvalue weighted by Crippen LogP contribution is 2.28. The van der Waals surface area contributed by atoms with Gasteiger partial charge in [0, 0.05) is 11.7 Å². The summed E-state index contributed by atoms with van der Waals surface area (Å²) in [6, 6.07) is 11.9. The maximum Gasteiger partial charge on any atom is 0.230 e. The zero-order valence-electron chi connectivity index (χ0n) is 15.1. The summed E-state index contributed by atoms with van der Waals surface area (Å²) in [5, 5.41) is 12.2. The Hall–Kier alpha value is -2.54. The minimum absolute atomic E-state index is 0.0117. The first-order chi connectivity index (χ1) is 12.6. The zero-order chi connectivity index (χ0) is 18.5. The van der Waals surface area contributed by atoms with Gasteiger partial charge in [-0.05, 0) is 44.5 Å². The molecule has 0 saturated heterocycles. The van der Waals surface area contributed by atoms with Crippen molar-refractivity contribution in [1.29, 1.82) is 0 Å². The summed E-state index contributed by atoms with van der Waals surface area (Å²) in [6.07, 6.45) is 2.51. The molecule has 2 aromatic heterocycles. The van der Waals surface area contributed by atoms with Crippen LogP contribution < -0.4 is 5.32 Å². The number of aryl methyl sites for hydroxylation is 1. The lowest BCUT2D eigenvalue weighted by atomic mass is 10.2. The smallest absolute Gasteiger partial charge is 0.230 e. The van der Waals surface area contributed by atoms with Crippen molar-refractivity contribution in [3.05, 3.63) is 48.2 Å². The number of nitrogens with zero attached hydrogens (tertiary/aromatic N) is 3. The summed E-state index contributed by atoms with van der Waals surface area (Å²) in [5.41, 5.74) is 2.10. The first kappa shape index (κ1) is 18.3. The number of benzene rings is 1. The second-order valence-electron chi connectivity index (χ2n) is 6.12. The van der Waals surface area contributed by atoms with Crippen LogP contribution in [0.4, 0.5) is 0 Å². The Morgan fingerprint density at radius 2 is 2.04 bits per heavy atom. The molecule has 0 aliphatic rings. The Kier molecular flexibility index (Phi) is 5.78. The Bertz CT molecular complexity index is 856. The van der Waals surface area contributed by atoms with Gasteiger partial charge in [-0.3, -0.25) is 9.36 Å². The van der Waals surface area contributed by atoms with Crippen LogP contribution in [0.5, 0.6) is 0 Å². The Morgan fingerprint density at radius 1 is 1.27 bits per heavy atom. The average Bonchev–Trinajstić information content (AvgIpc) is 3.30. The Labute approximate surface area is 157 Å². The van der Waals surface area contributed by atoms with Gasteiger partial charge in [-0.2, -0.15) is 0 Å². The maximum atomic E-state index is 12.1. The van der Waals surface area contributed by atoms with E-state index in [2.05, 4.69) is 15.5 Å². The fourth-order valence-electron chi connectivity index (χ4n) is 2.40. The summed E-state index contributed by atoms with van der Waals surface area (Å²) >= 11 is 1.36. The number of furan rings is 1. The van der Waals surface area contributed by atoms with Crippen molar-refractivity contribution < 1.29 is 9.21 Å². The highest BCUT2D eigenvalue weighted by molar-refractivity contribution is 7.99. The van der Waals surface area contributed by atoms with Gasteiger partial charge < -0.3 is 9.73 Å². The minimum Gasteiger partial charge on any atom is -0.461 e. The van der Waals surface area contributed by atoms with Crippen LogP contribution in [-0.2, 0) is 4.79 Å². The molecule has 1 N–H and O–H groups in total. The lowest BCUT2D eigenvalue weighted by molar-refractivity contribution is -0.119. The van der Waals surface area contributed by atoms with Gasteiger partial charge in [-0.15, -0.1) is 10.2 Å². The molecular weight excluding hydrogens is 348 g/mol. The number of hydrogen-bond donors (Lipinski definition) is 1. The molecule has 1 atom stereocenters. The molecule has 0 fully saturated rings. The van der Waals surface area contributed by atoms with Gasteiger partial charge in [0.15, 0.2) is 10.9 Å². The van der Waals surface area contributed by atoms with Gasteiger partial charge in [-0.25, -0.2) is 0 Å². The van der Waals surface area contributed by atoms with Crippen molar-refractivity contribution in [2.24, 2.45) is 0 Å². The number of amides is 1. The fraction of sp³-hybridized carbons (Fsp3) is 0.316. The number of rotatable bonds is 7. The molecule has 0 unspecified atom stereocenters. The molecule has 2 heterocycles. The summed E-state index contributed by atoms with van der Waals surface area (Å²) in [7, 11) is 0. The number of hydrogen-bond acceptors (Lipinski definition) is 5. The largest absolute Gasteiger partial charge is 0.461 e. The van der Waals surface area contributed by atoms with Gasteiger partial charge in [0.2, 0.25) is 11.7 Å². The lowest BCUT2D eigenvalue weighted by Gasteiger charge is -2.12. The zero-order valence-corrected chi connectivity index (χ0v) is 15.9. The molecule has 6 nitrogen and oxygen atoms in total. The van der Waals surface area contributed by atoms with Crippen molar-refractivity contribution in [3.8, 4) is 17.3 Å². The Balaban J connectivity index is 1.88. The van der Waals surface area contributed by atoms with Crippen molar-refractivity contribution in [2.75, 3.05) is 5.75 Å². The molecule has 0 bridgehead atoms. The molecule has 136 valence electrons. The molecule has 0 radical (unpaired) electrons. The summed E-state index contributed by atoms with van der Waals surface area (Å²) < 4.78 is 7.42. The average molecular weight is 370 g/mol. The van der Waals surface area contributed by atoms with Crippen molar-refractivity contribution in [2.45, 2.75) is 38.4 Å². The lowest BCUT2D eigenvalue weighted by Crippen LogP contribution is -2.33. The number of aromatic nitrogens is 3. The third-order valence-electron chi connectivity index (χ3n) is 4.02. The van der Waals surface area contributed by atoms with E-state index in [9.17, 15) is 4.79 Å². The summed E-state index contributed by atoms with van der Waals surface area (Å²) in [4.78, 5) is 12.1. The van der Waals surface area contributed by atoms with Crippen molar-refractivity contribution >= 4 is 17.7 Å².